The van der Waals surface area contributed by atoms with E-state index in [1.54, 1.807) is 0 Å². The van der Waals surface area contributed by atoms with Crippen molar-refractivity contribution in [3.05, 3.63) is 187 Å². The fourth-order valence-corrected chi connectivity index (χ4v) is 7.82. The SMILES string of the molecule is CC1(C)c2cc(N(c3ccc4ccccc4c3)c3cc(-c4ccccc4)c4ccccc4c3)ccc2-c2c(-c3ccccc3)cccc21. The molecule has 228 valence electrons. The van der Waals surface area contributed by atoms with Crippen LogP contribution in [0.2, 0.25) is 0 Å². The molecule has 0 fully saturated rings. The molecule has 0 atom stereocenters. The first kappa shape index (κ1) is 28.3. The summed E-state index contributed by atoms with van der Waals surface area (Å²) in [4.78, 5) is 2.45. The molecule has 9 rings (SSSR count). The van der Waals surface area contributed by atoms with Crippen molar-refractivity contribution in [1.82, 2.24) is 0 Å². The molecule has 0 spiro atoms. The Morgan fingerprint density at radius 1 is 0.375 bits per heavy atom. The largest absolute Gasteiger partial charge is 0.310 e. The third-order valence-corrected chi connectivity index (χ3v) is 10.2. The van der Waals surface area contributed by atoms with E-state index in [9.17, 15) is 0 Å². The van der Waals surface area contributed by atoms with Crippen LogP contribution in [0.1, 0.15) is 25.0 Å². The molecule has 0 radical (unpaired) electrons. The Kier molecular flexibility index (Phi) is 6.55. The Balaban J connectivity index is 1.28. The Bertz CT molecular complexity index is 2470. The molecule has 1 heteroatoms. The Morgan fingerprint density at radius 2 is 0.979 bits per heavy atom. The molecule has 0 saturated carbocycles. The molecule has 8 aromatic carbocycles. The maximum absolute atomic E-state index is 2.45. The minimum Gasteiger partial charge on any atom is -0.310 e. The average molecular weight is 614 g/mol. The number of benzene rings is 8. The number of rotatable bonds is 5. The Labute approximate surface area is 282 Å². The van der Waals surface area contributed by atoms with E-state index in [4.69, 9.17) is 0 Å². The van der Waals surface area contributed by atoms with E-state index in [0.29, 0.717) is 0 Å². The van der Waals surface area contributed by atoms with Gasteiger partial charge in [0.25, 0.3) is 0 Å². The first-order valence-electron chi connectivity index (χ1n) is 16.8. The molecular formula is C47H35N. The smallest absolute Gasteiger partial charge is 0.0474 e. The van der Waals surface area contributed by atoms with Crippen molar-refractivity contribution in [2.45, 2.75) is 19.3 Å². The Hall–Kier alpha value is -5.92. The lowest BCUT2D eigenvalue weighted by atomic mass is 9.81. The summed E-state index contributed by atoms with van der Waals surface area (Å²) in [6, 6.07) is 64.4. The second-order valence-corrected chi connectivity index (χ2v) is 13.4. The van der Waals surface area contributed by atoms with Gasteiger partial charge in [-0.15, -0.1) is 0 Å². The fourth-order valence-electron chi connectivity index (χ4n) is 7.82. The maximum Gasteiger partial charge on any atom is 0.0474 e. The van der Waals surface area contributed by atoms with E-state index in [1.165, 1.54) is 66.1 Å². The second-order valence-electron chi connectivity index (χ2n) is 13.4. The van der Waals surface area contributed by atoms with Crippen LogP contribution in [-0.2, 0) is 5.41 Å². The number of fused-ring (bicyclic) bond motifs is 5. The molecule has 0 bridgehead atoms. The van der Waals surface area contributed by atoms with E-state index >= 15 is 0 Å². The number of nitrogens with zero attached hydrogens (tertiary/aromatic N) is 1. The zero-order chi connectivity index (χ0) is 32.2. The number of anilines is 3. The van der Waals surface area contributed by atoms with Gasteiger partial charge >= 0.3 is 0 Å². The summed E-state index contributed by atoms with van der Waals surface area (Å²) in [5.74, 6) is 0. The molecule has 1 aliphatic rings. The van der Waals surface area contributed by atoms with Crippen LogP contribution >= 0.6 is 0 Å². The molecule has 0 aliphatic heterocycles. The van der Waals surface area contributed by atoms with E-state index in [2.05, 4.69) is 195 Å². The molecule has 48 heavy (non-hydrogen) atoms. The molecule has 0 N–H and O–H groups in total. The molecule has 1 aliphatic carbocycles. The molecule has 8 aromatic rings. The van der Waals surface area contributed by atoms with Gasteiger partial charge in [-0.25, -0.2) is 0 Å². The zero-order valence-corrected chi connectivity index (χ0v) is 27.2. The van der Waals surface area contributed by atoms with Gasteiger partial charge in [0, 0.05) is 22.5 Å². The highest BCUT2D eigenvalue weighted by Crippen LogP contribution is 2.54. The lowest BCUT2D eigenvalue weighted by Crippen LogP contribution is -2.16. The summed E-state index contributed by atoms with van der Waals surface area (Å²) in [6.45, 7) is 4.75. The standard InChI is InChI=1S/C47H35N/c1-47(2)44-23-13-22-41(33-15-5-3-6-16-33)46(44)42-27-26-38(31-45(42)47)48(37-25-24-32-14-9-10-19-35(32)28-37)39-29-36-20-11-12-21-40(36)43(30-39)34-17-7-4-8-18-34/h3-31H,1-2H3. The topological polar surface area (TPSA) is 3.24 Å². The van der Waals surface area contributed by atoms with Gasteiger partial charge in [0.2, 0.25) is 0 Å². The summed E-state index contributed by atoms with van der Waals surface area (Å²) >= 11 is 0. The highest BCUT2D eigenvalue weighted by molar-refractivity contribution is 6.02. The molecule has 0 heterocycles. The van der Waals surface area contributed by atoms with Gasteiger partial charge in [-0.1, -0.05) is 153 Å². The summed E-state index contributed by atoms with van der Waals surface area (Å²) < 4.78 is 0. The second kappa shape index (κ2) is 11.1. The van der Waals surface area contributed by atoms with Crippen molar-refractivity contribution in [3.63, 3.8) is 0 Å². The highest BCUT2D eigenvalue weighted by Gasteiger charge is 2.37. The third-order valence-electron chi connectivity index (χ3n) is 10.2. The van der Waals surface area contributed by atoms with Gasteiger partial charge < -0.3 is 4.90 Å². The van der Waals surface area contributed by atoms with Gasteiger partial charge in [0.1, 0.15) is 0 Å². The predicted octanol–water partition coefficient (Wildman–Crippen LogP) is 13.1. The van der Waals surface area contributed by atoms with Crippen LogP contribution in [0.25, 0.3) is 54.9 Å². The minimum atomic E-state index is -0.154. The molecule has 0 saturated heterocycles. The predicted molar refractivity (Wildman–Crippen MR) is 205 cm³/mol. The first-order chi connectivity index (χ1) is 23.6. The molecule has 1 nitrogen and oxygen atoms in total. The maximum atomic E-state index is 2.45. The van der Waals surface area contributed by atoms with Crippen LogP contribution in [0.4, 0.5) is 17.1 Å². The monoisotopic (exact) mass is 613 g/mol. The van der Waals surface area contributed by atoms with Crippen molar-refractivity contribution in [2.75, 3.05) is 4.90 Å². The van der Waals surface area contributed by atoms with Crippen molar-refractivity contribution in [3.8, 4) is 33.4 Å². The van der Waals surface area contributed by atoms with Gasteiger partial charge in [-0.2, -0.15) is 0 Å². The fraction of sp³-hybridized carbons (Fsp3) is 0.0638. The van der Waals surface area contributed by atoms with Crippen LogP contribution in [0, 0.1) is 0 Å². The molecular weight excluding hydrogens is 579 g/mol. The normalized spacial score (nSPS) is 13.0. The van der Waals surface area contributed by atoms with E-state index < -0.39 is 0 Å². The van der Waals surface area contributed by atoms with Gasteiger partial charge in [-0.05, 0) is 102 Å². The van der Waals surface area contributed by atoms with E-state index in [1.807, 2.05) is 0 Å². The van der Waals surface area contributed by atoms with Crippen molar-refractivity contribution in [1.29, 1.82) is 0 Å². The summed E-state index contributed by atoms with van der Waals surface area (Å²) in [6.07, 6.45) is 0. The zero-order valence-electron chi connectivity index (χ0n) is 27.2. The molecule has 0 aromatic heterocycles. The van der Waals surface area contributed by atoms with Crippen molar-refractivity contribution >= 4 is 38.6 Å². The number of hydrogen-bond donors (Lipinski definition) is 0. The summed E-state index contributed by atoms with van der Waals surface area (Å²) in [7, 11) is 0. The lowest BCUT2D eigenvalue weighted by Gasteiger charge is -2.29. The third kappa shape index (κ3) is 4.54. The Morgan fingerprint density at radius 3 is 1.75 bits per heavy atom. The van der Waals surface area contributed by atoms with Gasteiger partial charge in [0.15, 0.2) is 0 Å². The molecule has 0 amide bonds. The highest BCUT2D eigenvalue weighted by atomic mass is 15.1. The minimum absolute atomic E-state index is 0.154. The van der Waals surface area contributed by atoms with Crippen molar-refractivity contribution < 1.29 is 0 Å². The van der Waals surface area contributed by atoms with Crippen LogP contribution in [-0.4, -0.2) is 0 Å². The van der Waals surface area contributed by atoms with E-state index in [-0.39, 0.29) is 5.41 Å². The lowest BCUT2D eigenvalue weighted by molar-refractivity contribution is 0.660. The molecule has 0 unspecified atom stereocenters. The van der Waals surface area contributed by atoms with Gasteiger partial charge in [0.05, 0.1) is 0 Å². The first-order valence-corrected chi connectivity index (χ1v) is 16.8. The average Bonchev–Trinajstić information content (AvgIpc) is 3.37. The number of hydrogen-bond acceptors (Lipinski definition) is 1. The quantitative estimate of drug-likeness (QED) is 0.187. The van der Waals surface area contributed by atoms with Gasteiger partial charge in [-0.3, -0.25) is 0 Å². The van der Waals surface area contributed by atoms with Crippen LogP contribution in [0.5, 0.6) is 0 Å². The van der Waals surface area contributed by atoms with E-state index in [0.717, 1.165) is 17.1 Å². The summed E-state index contributed by atoms with van der Waals surface area (Å²) in [5.41, 5.74) is 13.7. The van der Waals surface area contributed by atoms with Crippen LogP contribution in [0.15, 0.2) is 176 Å². The summed E-state index contributed by atoms with van der Waals surface area (Å²) in [5, 5.41) is 4.94. The van der Waals surface area contributed by atoms with Crippen molar-refractivity contribution in [2.24, 2.45) is 0 Å². The van der Waals surface area contributed by atoms with Crippen LogP contribution in [0.3, 0.4) is 0 Å². The van der Waals surface area contributed by atoms with Crippen LogP contribution < -0.4 is 4.90 Å².